The minimum Gasteiger partial charge on any atom is -0.484 e. The number of hydrogen-bond acceptors (Lipinski definition) is 4. The number of rotatable bonds is 4. The zero-order valence-corrected chi connectivity index (χ0v) is 12.8. The Hall–Kier alpha value is -1.84. The highest BCUT2D eigenvalue weighted by atomic mass is 16.5. The van der Waals surface area contributed by atoms with Crippen molar-refractivity contribution >= 4 is 0 Å². The Labute approximate surface area is 120 Å². The smallest absolute Gasteiger partial charge is 0.264 e. The van der Waals surface area contributed by atoms with Crippen molar-refractivity contribution in [1.29, 1.82) is 0 Å². The first-order valence-electron chi connectivity index (χ1n) is 6.92. The summed E-state index contributed by atoms with van der Waals surface area (Å²) in [6, 6.07) is 8.09. The second kappa shape index (κ2) is 5.65. The largest absolute Gasteiger partial charge is 0.484 e. The van der Waals surface area contributed by atoms with Crippen LogP contribution in [0.5, 0.6) is 5.75 Å². The summed E-state index contributed by atoms with van der Waals surface area (Å²) in [5, 5.41) is 3.97. The molecule has 0 bridgehead atoms. The van der Waals surface area contributed by atoms with Crippen LogP contribution in [0, 0.1) is 0 Å². The van der Waals surface area contributed by atoms with Crippen LogP contribution in [0.3, 0.4) is 0 Å². The maximum Gasteiger partial charge on any atom is 0.264 e. The van der Waals surface area contributed by atoms with Gasteiger partial charge in [0.1, 0.15) is 5.75 Å². The molecule has 0 spiro atoms. The maximum atomic E-state index is 5.66. The summed E-state index contributed by atoms with van der Waals surface area (Å²) in [5.41, 5.74) is 1.19. The van der Waals surface area contributed by atoms with Gasteiger partial charge in [0.15, 0.2) is 12.4 Å². The number of aromatic nitrogens is 2. The minimum atomic E-state index is -0.110. The van der Waals surface area contributed by atoms with E-state index in [1.807, 2.05) is 32.9 Å². The van der Waals surface area contributed by atoms with Gasteiger partial charge in [-0.3, -0.25) is 0 Å². The summed E-state index contributed by atoms with van der Waals surface area (Å²) in [5.74, 6) is 2.54. The van der Waals surface area contributed by atoms with Crippen LogP contribution in [0.1, 0.15) is 57.8 Å². The van der Waals surface area contributed by atoms with Gasteiger partial charge in [0.25, 0.3) is 5.89 Å². The molecule has 4 heteroatoms. The number of hydrogen-bond donors (Lipinski definition) is 0. The lowest BCUT2D eigenvalue weighted by atomic mass is 9.96. The minimum absolute atomic E-state index is 0.110. The fourth-order valence-electron chi connectivity index (χ4n) is 1.71. The predicted molar refractivity (Wildman–Crippen MR) is 77.9 cm³/mol. The van der Waals surface area contributed by atoms with Crippen molar-refractivity contribution in [2.45, 2.75) is 52.6 Å². The number of benzene rings is 1. The molecule has 1 aromatic carbocycles. The Morgan fingerprint density at radius 1 is 1.15 bits per heavy atom. The Morgan fingerprint density at radius 3 is 2.30 bits per heavy atom. The molecule has 0 N–H and O–H groups in total. The molecule has 0 unspecified atom stereocenters. The molecular formula is C16H22N2O2. The van der Waals surface area contributed by atoms with E-state index in [1.54, 1.807) is 0 Å². The van der Waals surface area contributed by atoms with Crippen LogP contribution in [0.4, 0.5) is 0 Å². The van der Waals surface area contributed by atoms with Crippen LogP contribution in [0.25, 0.3) is 0 Å². The molecule has 1 aromatic heterocycles. The molecule has 0 aliphatic heterocycles. The van der Waals surface area contributed by atoms with Crippen LogP contribution in [-0.2, 0) is 12.0 Å². The van der Waals surface area contributed by atoms with Crippen LogP contribution in [-0.4, -0.2) is 10.1 Å². The Balaban J connectivity index is 1.96. The average Bonchev–Trinajstić information content (AvgIpc) is 2.85. The highest BCUT2D eigenvalue weighted by Crippen LogP contribution is 2.21. The first-order chi connectivity index (χ1) is 9.36. The van der Waals surface area contributed by atoms with Gasteiger partial charge in [0.2, 0.25) is 0 Å². The molecule has 2 rings (SSSR count). The lowest BCUT2D eigenvalue weighted by molar-refractivity contribution is 0.242. The predicted octanol–water partition coefficient (Wildman–Crippen LogP) is 4.07. The molecule has 0 saturated carbocycles. The van der Waals surface area contributed by atoms with Crippen molar-refractivity contribution in [3.63, 3.8) is 0 Å². The monoisotopic (exact) mass is 274 g/mol. The van der Waals surface area contributed by atoms with E-state index in [-0.39, 0.29) is 5.41 Å². The van der Waals surface area contributed by atoms with E-state index in [9.17, 15) is 0 Å². The second-order valence-corrected chi connectivity index (χ2v) is 6.27. The van der Waals surface area contributed by atoms with Crippen LogP contribution in [0.15, 0.2) is 28.8 Å². The van der Waals surface area contributed by atoms with Gasteiger partial charge in [-0.1, -0.05) is 51.9 Å². The Bertz CT molecular complexity index is 551. The molecule has 4 nitrogen and oxygen atoms in total. The van der Waals surface area contributed by atoms with E-state index in [0.717, 1.165) is 5.75 Å². The third kappa shape index (κ3) is 3.59. The second-order valence-electron chi connectivity index (χ2n) is 6.27. The highest BCUT2D eigenvalue weighted by Gasteiger charge is 2.20. The van der Waals surface area contributed by atoms with Gasteiger partial charge in [0, 0.05) is 5.41 Å². The van der Waals surface area contributed by atoms with Crippen molar-refractivity contribution in [1.82, 2.24) is 10.1 Å². The highest BCUT2D eigenvalue weighted by molar-refractivity contribution is 5.28. The van der Waals surface area contributed by atoms with Gasteiger partial charge < -0.3 is 9.26 Å². The number of nitrogens with zero attached hydrogens (tertiary/aromatic N) is 2. The quantitative estimate of drug-likeness (QED) is 0.843. The SMILES string of the molecule is CC(C)c1ccc(OCc2nc(C(C)(C)C)no2)cc1. The molecule has 0 fully saturated rings. The molecule has 2 aromatic rings. The van der Waals surface area contributed by atoms with E-state index < -0.39 is 0 Å². The first kappa shape index (κ1) is 14.6. The summed E-state index contributed by atoms with van der Waals surface area (Å²) in [6.07, 6.45) is 0. The van der Waals surface area contributed by atoms with Crippen LogP contribution >= 0.6 is 0 Å². The zero-order valence-electron chi connectivity index (χ0n) is 12.8. The van der Waals surface area contributed by atoms with E-state index >= 15 is 0 Å². The van der Waals surface area contributed by atoms with Crippen LogP contribution in [0.2, 0.25) is 0 Å². The van der Waals surface area contributed by atoms with Gasteiger partial charge in [-0.2, -0.15) is 4.98 Å². The average molecular weight is 274 g/mol. The lowest BCUT2D eigenvalue weighted by Crippen LogP contribution is -2.13. The fourth-order valence-corrected chi connectivity index (χ4v) is 1.71. The molecular weight excluding hydrogens is 252 g/mol. The molecule has 20 heavy (non-hydrogen) atoms. The molecule has 108 valence electrons. The summed E-state index contributed by atoms with van der Waals surface area (Å²) in [4.78, 5) is 4.34. The van der Waals surface area contributed by atoms with Crippen molar-refractivity contribution in [3.8, 4) is 5.75 Å². The summed E-state index contributed by atoms with van der Waals surface area (Å²) in [7, 11) is 0. The van der Waals surface area contributed by atoms with Gasteiger partial charge >= 0.3 is 0 Å². The van der Waals surface area contributed by atoms with Crippen molar-refractivity contribution in [3.05, 3.63) is 41.5 Å². The van der Waals surface area contributed by atoms with Gasteiger partial charge in [-0.15, -0.1) is 0 Å². The first-order valence-corrected chi connectivity index (χ1v) is 6.92. The third-order valence-corrected chi connectivity index (χ3v) is 3.05. The third-order valence-electron chi connectivity index (χ3n) is 3.05. The maximum absolute atomic E-state index is 5.66. The molecule has 0 aliphatic carbocycles. The Kier molecular flexibility index (Phi) is 4.12. The normalized spacial score (nSPS) is 11.9. The number of ether oxygens (including phenoxy) is 1. The zero-order chi connectivity index (χ0) is 14.8. The standard InChI is InChI=1S/C16H22N2O2/c1-11(2)12-6-8-13(9-7-12)19-10-14-17-15(18-20-14)16(3,4)5/h6-9,11H,10H2,1-5H3. The summed E-state index contributed by atoms with van der Waals surface area (Å²) >= 11 is 0. The molecule has 0 saturated heterocycles. The Morgan fingerprint density at radius 2 is 1.80 bits per heavy atom. The summed E-state index contributed by atoms with van der Waals surface area (Å²) in [6.45, 7) is 10.8. The molecule has 0 atom stereocenters. The molecule has 1 heterocycles. The van der Waals surface area contributed by atoms with Crippen molar-refractivity contribution in [2.75, 3.05) is 0 Å². The van der Waals surface area contributed by atoms with Crippen LogP contribution < -0.4 is 4.74 Å². The lowest BCUT2D eigenvalue weighted by Gasteiger charge is -2.10. The van der Waals surface area contributed by atoms with E-state index in [1.165, 1.54) is 5.56 Å². The van der Waals surface area contributed by atoms with Crippen molar-refractivity contribution < 1.29 is 9.26 Å². The molecule has 0 radical (unpaired) electrons. The van der Waals surface area contributed by atoms with E-state index in [0.29, 0.717) is 24.2 Å². The van der Waals surface area contributed by atoms with Crippen molar-refractivity contribution in [2.24, 2.45) is 0 Å². The van der Waals surface area contributed by atoms with E-state index in [2.05, 4.69) is 36.1 Å². The molecule has 0 amide bonds. The van der Waals surface area contributed by atoms with E-state index in [4.69, 9.17) is 9.26 Å². The van der Waals surface area contributed by atoms with Gasteiger partial charge in [-0.25, -0.2) is 0 Å². The fraction of sp³-hybridized carbons (Fsp3) is 0.500. The van der Waals surface area contributed by atoms with Gasteiger partial charge in [-0.05, 0) is 23.6 Å². The van der Waals surface area contributed by atoms with Gasteiger partial charge in [0.05, 0.1) is 0 Å². The summed E-state index contributed by atoms with van der Waals surface area (Å²) < 4.78 is 10.8. The topological polar surface area (TPSA) is 48.2 Å². The molecule has 0 aliphatic rings.